The fourth-order valence-electron chi connectivity index (χ4n) is 3.12. The number of hydrogen-bond acceptors (Lipinski definition) is 5. The largest absolute Gasteiger partial charge is 0.446 e. The summed E-state index contributed by atoms with van der Waals surface area (Å²) in [5.74, 6) is 1.72. The second-order valence-corrected chi connectivity index (χ2v) is 8.37. The highest BCUT2D eigenvalue weighted by atomic mass is 32.2. The molecule has 1 saturated heterocycles. The van der Waals surface area contributed by atoms with Crippen molar-refractivity contribution in [1.82, 2.24) is 14.9 Å². The number of thioether (sulfide) groups is 1. The monoisotopic (exact) mass is 424 g/mol. The molecule has 5 nitrogen and oxygen atoms in total. The van der Waals surface area contributed by atoms with Gasteiger partial charge in [0.05, 0.1) is 0 Å². The van der Waals surface area contributed by atoms with Crippen molar-refractivity contribution >= 4 is 23.5 Å². The molecule has 156 valence electrons. The van der Waals surface area contributed by atoms with Gasteiger partial charge < -0.3 is 9.80 Å². The fourth-order valence-corrected chi connectivity index (χ4v) is 3.65. The Bertz CT molecular complexity index is 863. The Kier molecular flexibility index (Phi) is 6.36. The summed E-state index contributed by atoms with van der Waals surface area (Å²) in [6, 6.07) is 7.51. The number of aryl methyl sites for hydroxylation is 1. The first-order valence-corrected chi connectivity index (χ1v) is 10.2. The van der Waals surface area contributed by atoms with E-state index in [9.17, 15) is 18.0 Å². The highest BCUT2D eigenvalue weighted by molar-refractivity contribution is 8.00. The third-order valence-electron chi connectivity index (χ3n) is 4.60. The summed E-state index contributed by atoms with van der Waals surface area (Å²) in [6.07, 6.45) is 0. The van der Waals surface area contributed by atoms with Gasteiger partial charge in [-0.25, -0.2) is 9.97 Å². The van der Waals surface area contributed by atoms with Gasteiger partial charge in [0.15, 0.2) is 0 Å². The number of benzene rings is 1. The summed E-state index contributed by atoms with van der Waals surface area (Å²) in [7, 11) is 0. The molecule has 29 heavy (non-hydrogen) atoms. The molecular formula is C20H23F3N4OS. The summed E-state index contributed by atoms with van der Waals surface area (Å²) in [5, 5.41) is 0. The fraction of sp³-hybridized carbons (Fsp3) is 0.450. The third-order valence-corrected chi connectivity index (χ3v) is 5.34. The van der Waals surface area contributed by atoms with Gasteiger partial charge in [-0.3, -0.25) is 4.79 Å². The molecule has 0 unspecified atom stereocenters. The van der Waals surface area contributed by atoms with Gasteiger partial charge in [0.1, 0.15) is 11.6 Å². The topological polar surface area (TPSA) is 49.3 Å². The van der Waals surface area contributed by atoms with E-state index in [1.165, 1.54) is 24.3 Å². The van der Waals surface area contributed by atoms with E-state index >= 15 is 0 Å². The zero-order valence-corrected chi connectivity index (χ0v) is 17.3. The molecule has 0 saturated carbocycles. The van der Waals surface area contributed by atoms with Crippen LogP contribution >= 0.6 is 11.8 Å². The number of nitrogens with zero attached hydrogens (tertiary/aromatic N) is 4. The summed E-state index contributed by atoms with van der Waals surface area (Å²) in [4.78, 5) is 25.7. The number of amides is 1. The van der Waals surface area contributed by atoms with Crippen LogP contribution in [-0.2, 0) is 0 Å². The molecule has 2 aromatic rings. The molecule has 0 N–H and O–H groups in total. The predicted molar refractivity (Wildman–Crippen MR) is 107 cm³/mol. The first-order chi connectivity index (χ1) is 13.6. The molecule has 1 aliphatic heterocycles. The zero-order valence-electron chi connectivity index (χ0n) is 16.5. The number of piperazine rings is 1. The minimum atomic E-state index is -4.34. The van der Waals surface area contributed by atoms with E-state index in [0.717, 1.165) is 17.3 Å². The van der Waals surface area contributed by atoms with Gasteiger partial charge in [0, 0.05) is 54.3 Å². The molecule has 1 fully saturated rings. The van der Waals surface area contributed by atoms with Crippen molar-refractivity contribution in [2.45, 2.75) is 37.1 Å². The Labute approximate surface area is 172 Å². The van der Waals surface area contributed by atoms with Crippen LogP contribution < -0.4 is 4.90 Å². The molecule has 0 aliphatic carbocycles. The van der Waals surface area contributed by atoms with Gasteiger partial charge in [0.2, 0.25) is 0 Å². The number of hydrogen-bond donors (Lipinski definition) is 0. The van der Waals surface area contributed by atoms with Gasteiger partial charge in [-0.2, -0.15) is 13.2 Å². The first-order valence-electron chi connectivity index (χ1n) is 9.38. The lowest BCUT2D eigenvalue weighted by Gasteiger charge is -2.35. The quantitative estimate of drug-likeness (QED) is 0.678. The van der Waals surface area contributed by atoms with E-state index in [1.807, 2.05) is 26.8 Å². The maximum atomic E-state index is 12.7. The Balaban J connectivity index is 1.62. The molecule has 1 amide bonds. The summed E-state index contributed by atoms with van der Waals surface area (Å²) in [5.41, 5.74) is -3.03. The van der Waals surface area contributed by atoms with Gasteiger partial charge in [0.25, 0.3) is 5.91 Å². The van der Waals surface area contributed by atoms with Gasteiger partial charge in [-0.15, -0.1) is 0 Å². The zero-order chi connectivity index (χ0) is 21.2. The number of anilines is 1. The Morgan fingerprint density at radius 1 is 1.07 bits per heavy atom. The van der Waals surface area contributed by atoms with Crippen LogP contribution in [0.4, 0.5) is 19.0 Å². The van der Waals surface area contributed by atoms with E-state index < -0.39 is 5.51 Å². The molecule has 9 heteroatoms. The van der Waals surface area contributed by atoms with Crippen molar-refractivity contribution in [3.05, 3.63) is 47.4 Å². The second-order valence-electron chi connectivity index (χ2n) is 7.23. The Hall–Kier alpha value is -2.29. The van der Waals surface area contributed by atoms with Crippen molar-refractivity contribution in [2.24, 2.45) is 0 Å². The maximum absolute atomic E-state index is 12.7. The second kappa shape index (κ2) is 8.61. The Morgan fingerprint density at radius 3 is 2.24 bits per heavy atom. The predicted octanol–water partition coefficient (Wildman–Crippen LogP) is 4.48. The lowest BCUT2D eigenvalue weighted by atomic mass is 10.1. The van der Waals surface area contributed by atoms with Crippen molar-refractivity contribution in [3.63, 3.8) is 0 Å². The van der Waals surface area contributed by atoms with Gasteiger partial charge in [-0.05, 0) is 43.0 Å². The summed E-state index contributed by atoms with van der Waals surface area (Å²) >= 11 is -0.185. The normalized spacial score (nSPS) is 15.1. The molecule has 0 atom stereocenters. The third kappa shape index (κ3) is 5.62. The molecular weight excluding hydrogens is 401 g/mol. The average Bonchev–Trinajstić information content (AvgIpc) is 2.66. The van der Waals surface area contributed by atoms with Crippen molar-refractivity contribution < 1.29 is 18.0 Å². The molecule has 0 radical (unpaired) electrons. The van der Waals surface area contributed by atoms with Crippen molar-refractivity contribution in [3.8, 4) is 0 Å². The van der Waals surface area contributed by atoms with Gasteiger partial charge >= 0.3 is 5.51 Å². The Morgan fingerprint density at radius 2 is 1.69 bits per heavy atom. The van der Waals surface area contributed by atoms with Crippen molar-refractivity contribution in [2.75, 3.05) is 31.1 Å². The molecule has 1 aromatic heterocycles. The standard InChI is InChI=1S/C20H23F3N4OS/c1-13(2)18-24-14(3)12-17(25-18)26-8-10-27(11-9-26)19(28)15-4-6-16(7-5-15)29-20(21,22)23/h4-7,12-13H,8-11H2,1-3H3. The first kappa shape index (κ1) is 21.4. The minimum absolute atomic E-state index is 0.0685. The molecule has 2 heterocycles. The highest BCUT2D eigenvalue weighted by Crippen LogP contribution is 2.36. The number of rotatable bonds is 4. The van der Waals surface area contributed by atoms with Crippen LogP contribution in [0.1, 0.15) is 41.6 Å². The minimum Gasteiger partial charge on any atom is -0.353 e. The van der Waals surface area contributed by atoms with E-state index in [4.69, 9.17) is 0 Å². The lowest BCUT2D eigenvalue weighted by Crippen LogP contribution is -2.49. The number of alkyl halides is 3. The summed E-state index contributed by atoms with van der Waals surface area (Å²) < 4.78 is 37.3. The SMILES string of the molecule is Cc1cc(N2CCN(C(=O)c3ccc(SC(F)(F)F)cc3)CC2)nc(C(C)C)n1. The molecule has 1 aromatic carbocycles. The van der Waals surface area contributed by atoms with Crippen LogP contribution in [0.2, 0.25) is 0 Å². The maximum Gasteiger partial charge on any atom is 0.446 e. The average molecular weight is 424 g/mol. The molecule has 1 aliphatic rings. The van der Waals surface area contributed by atoms with E-state index in [1.54, 1.807) is 4.90 Å². The van der Waals surface area contributed by atoms with Crippen LogP contribution in [0.15, 0.2) is 35.2 Å². The number of carbonyl (C=O) groups excluding carboxylic acids is 1. The van der Waals surface area contributed by atoms with E-state index in [2.05, 4.69) is 14.9 Å². The van der Waals surface area contributed by atoms with Crippen LogP contribution in [0, 0.1) is 6.92 Å². The van der Waals surface area contributed by atoms with E-state index in [0.29, 0.717) is 31.7 Å². The molecule has 3 rings (SSSR count). The number of aromatic nitrogens is 2. The lowest BCUT2D eigenvalue weighted by molar-refractivity contribution is -0.0328. The van der Waals surface area contributed by atoms with Crippen LogP contribution in [0.5, 0.6) is 0 Å². The van der Waals surface area contributed by atoms with Crippen molar-refractivity contribution in [1.29, 1.82) is 0 Å². The smallest absolute Gasteiger partial charge is 0.353 e. The number of halogens is 3. The number of carbonyl (C=O) groups is 1. The van der Waals surface area contributed by atoms with Crippen LogP contribution in [0.25, 0.3) is 0 Å². The van der Waals surface area contributed by atoms with E-state index in [-0.39, 0.29) is 28.5 Å². The van der Waals surface area contributed by atoms with Crippen LogP contribution in [-0.4, -0.2) is 52.5 Å². The summed E-state index contributed by atoms with van der Waals surface area (Å²) in [6.45, 7) is 8.37. The van der Waals surface area contributed by atoms with Crippen LogP contribution in [0.3, 0.4) is 0 Å². The molecule has 0 bridgehead atoms. The van der Waals surface area contributed by atoms with Gasteiger partial charge in [-0.1, -0.05) is 13.8 Å². The highest BCUT2D eigenvalue weighted by Gasteiger charge is 2.29. The molecule has 0 spiro atoms.